The van der Waals surface area contributed by atoms with Gasteiger partial charge in [0.2, 0.25) is 0 Å². The average Bonchev–Trinajstić information content (AvgIpc) is 2.36. The van der Waals surface area contributed by atoms with Gasteiger partial charge in [0.05, 0.1) is 6.61 Å². The zero-order chi connectivity index (χ0) is 15.2. The van der Waals surface area contributed by atoms with Crippen LogP contribution in [0.1, 0.15) is 46.6 Å². The maximum absolute atomic E-state index is 12.5. The Morgan fingerprint density at radius 1 is 1.15 bits per heavy atom. The molecule has 0 saturated carbocycles. The van der Waals surface area contributed by atoms with Crippen molar-refractivity contribution in [3.8, 4) is 5.75 Å². The molecule has 0 aromatic heterocycles. The van der Waals surface area contributed by atoms with Gasteiger partial charge in [0, 0.05) is 5.75 Å². The van der Waals surface area contributed by atoms with Gasteiger partial charge in [-0.3, -0.25) is 4.52 Å². The lowest BCUT2D eigenvalue weighted by Crippen LogP contribution is -2.10. The van der Waals surface area contributed by atoms with Crippen LogP contribution in [-0.2, 0) is 14.5 Å². The first-order chi connectivity index (χ1) is 9.30. The minimum absolute atomic E-state index is 0.0963. The van der Waals surface area contributed by atoms with Gasteiger partial charge in [0.25, 0.3) is 0 Å². The lowest BCUT2D eigenvalue weighted by molar-refractivity contribution is 0.296. The van der Waals surface area contributed by atoms with E-state index in [0.717, 1.165) is 12.2 Å². The summed E-state index contributed by atoms with van der Waals surface area (Å²) >= 11 is 1.26. The summed E-state index contributed by atoms with van der Waals surface area (Å²) in [5.41, 5.74) is 1.32. The fourth-order valence-electron chi connectivity index (χ4n) is 1.60. The molecule has 1 atom stereocenters. The van der Waals surface area contributed by atoms with E-state index >= 15 is 0 Å². The molecule has 1 unspecified atom stereocenters. The van der Waals surface area contributed by atoms with Gasteiger partial charge in [-0.15, -0.1) is 0 Å². The quantitative estimate of drug-likeness (QED) is 0.609. The van der Waals surface area contributed by atoms with Crippen LogP contribution in [0.4, 0.5) is 0 Å². The number of rotatable bonds is 7. The molecule has 0 aliphatic heterocycles. The van der Waals surface area contributed by atoms with Crippen molar-refractivity contribution in [1.29, 1.82) is 0 Å². The van der Waals surface area contributed by atoms with Crippen molar-refractivity contribution < 1.29 is 13.6 Å². The molecule has 0 radical (unpaired) electrons. The maximum atomic E-state index is 12.5. The van der Waals surface area contributed by atoms with Crippen molar-refractivity contribution in [3.05, 3.63) is 29.8 Å². The third-order valence-electron chi connectivity index (χ3n) is 2.68. The van der Waals surface area contributed by atoms with Crippen molar-refractivity contribution in [2.75, 3.05) is 12.4 Å². The van der Waals surface area contributed by atoms with Crippen molar-refractivity contribution in [2.24, 2.45) is 0 Å². The van der Waals surface area contributed by atoms with Crippen molar-refractivity contribution in [3.63, 3.8) is 0 Å². The van der Waals surface area contributed by atoms with Crippen LogP contribution >= 0.6 is 18.2 Å². The molecule has 0 heterocycles. The van der Waals surface area contributed by atoms with E-state index in [9.17, 15) is 4.57 Å². The molecule has 3 nitrogen and oxygen atoms in total. The fraction of sp³-hybridized carbons (Fsp3) is 0.600. The summed E-state index contributed by atoms with van der Waals surface area (Å²) in [6.07, 6.45) is 0.939. The number of hydrogen-bond donors (Lipinski definition) is 0. The Morgan fingerprint density at radius 2 is 1.75 bits per heavy atom. The number of hydrogen-bond acceptors (Lipinski definition) is 4. The third-order valence-corrected chi connectivity index (χ3v) is 6.63. The lowest BCUT2D eigenvalue weighted by Gasteiger charge is -2.20. The van der Waals surface area contributed by atoms with E-state index in [1.807, 2.05) is 38.1 Å². The predicted octanol–water partition coefficient (Wildman–Crippen LogP) is 5.65. The zero-order valence-corrected chi connectivity index (χ0v) is 14.7. The first kappa shape index (κ1) is 17.6. The normalized spacial score (nSPS) is 14.8. The Balaban J connectivity index is 2.81. The Kier molecular flexibility index (Phi) is 6.63. The third kappa shape index (κ3) is 5.51. The van der Waals surface area contributed by atoms with Crippen LogP contribution in [0.5, 0.6) is 5.75 Å². The highest BCUT2D eigenvalue weighted by atomic mass is 32.7. The summed E-state index contributed by atoms with van der Waals surface area (Å²) in [4.78, 5) is 0. The van der Waals surface area contributed by atoms with Gasteiger partial charge in [0.1, 0.15) is 5.75 Å². The predicted molar refractivity (Wildman–Crippen MR) is 87.8 cm³/mol. The number of benzene rings is 1. The van der Waals surface area contributed by atoms with E-state index in [2.05, 4.69) is 20.8 Å². The molecule has 5 heteroatoms. The summed E-state index contributed by atoms with van der Waals surface area (Å²) in [6.45, 7) is 7.63. The Bertz CT molecular complexity index is 451. The van der Waals surface area contributed by atoms with E-state index in [1.54, 1.807) is 0 Å². The molecule has 0 bridgehead atoms. The molecule has 0 aliphatic carbocycles. The molecule has 0 spiro atoms. The molecular weight excluding hydrogens is 291 g/mol. The van der Waals surface area contributed by atoms with Crippen LogP contribution < -0.4 is 4.52 Å². The first-order valence-corrected chi connectivity index (χ1v) is 10.1. The van der Waals surface area contributed by atoms with Gasteiger partial charge >= 0.3 is 6.80 Å². The Morgan fingerprint density at radius 3 is 2.20 bits per heavy atom. The summed E-state index contributed by atoms with van der Waals surface area (Å²) < 4.78 is 23.5. The highest BCUT2D eigenvalue weighted by molar-refractivity contribution is 8.55. The molecule has 1 aromatic carbocycles. The monoisotopic (exact) mass is 316 g/mol. The highest BCUT2D eigenvalue weighted by Crippen LogP contribution is 2.60. The average molecular weight is 316 g/mol. The molecule has 0 amide bonds. The van der Waals surface area contributed by atoms with Crippen molar-refractivity contribution in [2.45, 2.75) is 46.5 Å². The van der Waals surface area contributed by atoms with Gasteiger partial charge in [-0.1, -0.05) is 39.8 Å². The largest absolute Gasteiger partial charge is 0.440 e. The van der Waals surface area contributed by atoms with Crippen LogP contribution in [0.3, 0.4) is 0 Å². The Hall–Kier alpha value is -0.440. The summed E-state index contributed by atoms with van der Waals surface area (Å²) in [5.74, 6) is 1.36. The van der Waals surface area contributed by atoms with E-state index in [-0.39, 0.29) is 5.41 Å². The van der Waals surface area contributed by atoms with Crippen LogP contribution in [0, 0.1) is 0 Å². The molecular formula is C15H25O3PS. The van der Waals surface area contributed by atoms with Crippen LogP contribution in [0.25, 0.3) is 0 Å². The minimum atomic E-state index is -3.10. The smallest absolute Gasteiger partial charge is 0.417 e. The van der Waals surface area contributed by atoms with E-state index < -0.39 is 6.80 Å². The minimum Gasteiger partial charge on any atom is -0.417 e. The zero-order valence-electron chi connectivity index (χ0n) is 13.0. The molecule has 1 rings (SSSR count). The standard InChI is InChI=1S/C15H25O3PS/c1-6-12-20-19(16,17-7-2)18-14-10-8-13(9-11-14)15(3,4)5/h8-11H,6-7,12H2,1-5H3. The van der Waals surface area contributed by atoms with Crippen LogP contribution in [0.2, 0.25) is 0 Å². The van der Waals surface area contributed by atoms with E-state index in [1.165, 1.54) is 16.9 Å². The fourth-order valence-corrected chi connectivity index (χ4v) is 5.05. The first-order valence-electron chi connectivity index (χ1n) is 7.00. The van der Waals surface area contributed by atoms with Crippen LogP contribution in [-0.4, -0.2) is 12.4 Å². The van der Waals surface area contributed by atoms with Gasteiger partial charge in [-0.05, 0) is 47.8 Å². The van der Waals surface area contributed by atoms with Crippen molar-refractivity contribution in [1.82, 2.24) is 0 Å². The highest BCUT2D eigenvalue weighted by Gasteiger charge is 2.26. The molecule has 1 aromatic rings. The molecule has 114 valence electrons. The molecule has 0 aliphatic rings. The van der Waals surface area contributed by atoms with E-state index in [4.69, 9.17) is 9.05 Å². The Labute approximate surface area is 126 Å². The SMILES string of the molecule is CCCSP(=O)(OCC)Oc1ccc(C(C)(C)C)cc1. The molecule has 0 N–H and O–H groups in total. The topological polar surface area (TPSA) is 35.5 Å². The summed E-state index contributed by atoms with van der Waals surface area (Å²) in [7, 11) is 0. The second-order valence-corrected chi connectivity index (χ2v) is 9.68. The van der Waals surface area contributed by atoms with Gasteiger partial charge < -0.3 is 4.52 Å². The van der Waals surface area contributed by atoms with Gasteiger partial charge in [-0.2, -0.15) is 0 Å². The molecule has 0 saturated heterocycles. The van der Waals surface area contributed by atoms with Gasteiger partial charge in [-0.25, -0.2) is 4.57 Å². The van der Waals surface area contributed by atoms with Crippen LogP contribution in [0.15, 0.2) is 24.3 Å². The summed E-state index contributed by atoms with van der Waals surface area (Å²) in [6, 6.07) is 7.74. The second kappa shape index (κ2) is 7.53. The lowest BCUT2D eigenvalue weighted by atomic mass is 9.87. The van der Waals surface area contributed by atoms with E-state index in [0.29, 0.717) is 12.4 Å². The van der Waals surface area contributed by atoms with Gasteiger partial charge in [0.15, 0.2) is 0 Å². The molecule has 0 fully saturated rings. The second-order valence-electron chi connectivity index (χ2n) is 5.56. The summed E-state index contributed by atoms with van der Waals surface area (Å²) in [5, 5.41) is 0. The molecule has 20 heavy (non-hydrogen) atoms. The maximum Gasteiger partial charge on any atom is 0.440 e. The van der Waals surface area contributed by atoms with Crippen molar-refractivity contribution >= 4 is 18.2 Å².